The second-order valence-corrected chi connectivity index (χ2v) is 7.46. The average molecular weight is 445 g/mol. The van der Waals surface area contributed by atoms with E-state index in [1.165, 1.54) is 36.3 Å². The van der Waals surface area contributed by atoms with Crippen LogP contribution in [0.1, 0.15) is 38.3 Å². The molecule has 2 aromatic rings. The molecule has 0 saturated carbocycles. The second kappa shape index (κ2) is 12.5. The van der Waals surface area contributed by atoms with E-state index in [0.717, 1.165) is 0 Å². The monoisotopic (exact) mass is 444 g/mol. The fourth-order valence-electron chi connectivity index (χ4n) is 3.07. The summed E-state index contributed by atoms with van der Waals surface area (Å²) in [5.74, 6) is -1.21. The van der Waals surface area contributed by atoms with Crippen molar-refractivity contribution in [2.75, 3.05) is 25.6 Å². The number of nitrogens with zero attached hydrogens (tertiary/aromatic N) is 2. The Kier molecular flexibility index (Phi) is 9.75. The van der Waals surface area contributed by atoms with Crippen LogP contribution in [0.3, 0.4) is 0 Å². The number of nitrogens with one attached hydrogen (secondary N) is 2. The number of rotatable bonds is 11. The van der Waals surface area contributed by atoms with E-state index in [2.05, 4.69) is 15.6 Å². The highest BCUT2D eigenvalue weighted by Gasteiger charge is 2.31. The number of ether oxygens (including phenoxy) is 1. The van der Waals surface area contributed by atoms with Gasteiger partial charge in [-0.3, -0.25) is 14.4 Å². The molecule has 0 saturated heterocycles. The number of pyridine rings is 1. The molecule has 0 radical (unpaired) electrons. The number of amides is 3. The van der Waals surface area contributed by atoms with Crippen molar-refractivity contribution < 1.29 is 23.5 Å². The fourth-order valence-corrected chi connectivity index (χ4v) is 3.07. The molecule has 1 heterocycles. The van der Waals surface area contributed by atoms with E-state index < -0.39 is 23.7 Å². The highest BCUT2D eigenvalue weighted by atomic mass is 19.1. The molecular weight excluding hydrogens is 415 g/mol. The first-order valence-electron chi connectivity index (χ1n) is 10.4. The number of halogens is 1. The van der Waals surface area contributed by atoms with Gasteiger partial charge in [0.1, 0.15) is 17.7 Å². The van der Waals surface area contributed by atoms with Crippen molar-refractivity contribution in [2.24, 2.45) is 0 Å². The molecule has 0 spiro atoms. The molecule has 2 N–H and O–H groups in total. The van der Waals surface area contributed by atoms with Crippen LogP contribution in [0.25, 0.3) is 0 Å². The number of carbonyl (C=O) groups excluding carboxylic acids is 3. The smallest absolute Gasteiger partial charge is 0.247 e. The minimum atomic E-state index is -0.987. The highest BCUT2D eigenvalue weighted by Crippen LogP contribution is 2.23. The first kappa shape index (κ1) is 24.9. The summed E-state index contributed by atoms with van der Waals surface area (Å²) in [7, 11) is 1.49. The van der Waals surface area contributed by atoms with Crippen LogP contribution >= 0.6 is 0 Å². The number of aromatic nitrogens is 1. The molecule has 8 nitrogen and oxygen atoms in total. The lowest BCUT2D eigenvalue weighted by atomic mass is 10.0. The maximum absolute atomic E-state index is 13.5. The van der Waals surface area contributed by atoms with Crippen LogP contribution in [0.5, 0.6) is 0 Å². The molecule has 2 rings (SSSR count). The van der Waals surface area contributed by atoms with Crippen molar-refractivity contribution in [2.45, 2.75) is 38.8 Å². The number of benzene rings is 1. The van der Waals surface area contributed by atoms with E-state index >= 15 is 0 Å². The largest absolute Gasteiger partial charge is 0.383 e. The summed E-state index contributed by atoms with van der Waals surface area (Å²) in [5.41, 5.74) is 0.465. The van der Waals surface area contributed by atoms with Gasteiger partial charge in [-0.2, -0.15) is 0 Å². The highest BCUT2D eigenvalue weighted by molar-refractivity contribution is 5.94. The van der Waals surface area contributed by atoms with Crippen molar-refractivity contribution in [1.82, 2.24) is 15.2 Å². The summed E-state index contributed by atoms with van der Waals surface area (Å²) in [6, 6.07) is 9.39. The standard InChI is InChI=1S/C23H29FN4O4/c1-16(2)26-23(31)22(17-7-9-18(24)10-8-17)28(14-15-32-3)21(30)12-11-20(29)27-19-6-4-5-13-25-19/h4-10,13,16,22H,11-12,14-15H2,1-3H3,(H,26,31)(H,25,27,29)/t22-/m0/s1. The third-order valence-electron chi connectivity index (χ3n) is 4.53. The van der Waals surface area contributed by atoms with Gasteiger partial charge in [-0.25, -0.2) is 9.37 Å². The lowest BCUT2D eigenvalue weighted by molar-refractivity contribution is -0.142. The molecule has 0 aliphatic heterocycles. The van der Waals surface area contributed by atoms with Crippen LogP contribution in [0.15, 0.2) is 48.7 Å². The Morgan fingerprint density at radius 3 is 2.41 bits per heavy atom. The van der Waals surface area contributed by atoms with Gasteiger partial charge < -0.3 is 20.3 Å². The summed E-state index contributed by atoms with van der Waals surface area (Å²) in [6.07, 6.45) is 1.35. The van der Waals surface area contributed by atoms with Crippen LogP contribution < -0.4 is 10.6 Å². The predicted octanol–water partition coefficient (Wildman–Crippen LogP) is 2.68. The Bertz CT molecular complexity index is 891. The molecule has 0 aliphatic rings. The Morgan fingerprint density at radius 2 is 1.81 bits per heavy atom. The van der Waals surface area contributed by atoms with Gasteiger partial charge in [-0.1, -0.05) is 18.2 Å². The van der Waals surface area contributed by atoms with Crippen molar-refractivity contribution >= 4 is 23.5 Å². The first-order chi connectivity index (χ1) is 15.3. The van der Waals surface area contributed by atoms with E-state index in [1.54, 1.807) is 24.4 Å². The summed E-state index contributed by atoms with van der Waals surface area (Å²) in [4.78, 5) is 43.7. The van der Waals surface area contributed by atoms with Gasteiger partial charge in [-0.05, 0) is 43.7 Å². The van der Waals surface area contributed by atoms with E-state index in [9.17, 15) is 18.8 Å². The van der Waals surface area contributed by atoms with Crippen LogP contribution in [0.2, 0.25) is 0 Å². The lowest BCUT2D eigenvalue weighted by Gasteiger charge is -2.32. The van der Waals surface area contributed by atoms with Gasteiger partial charge in [0.25, 0.3) is 0 Å². The van der Waals surface area contributed by atoms with Crippen molar-refractivity contribution in [3.05, 3.63) is 60.0 Å². The number of carbonyl (C=O) groups is 3. The van der Waals surface area contributed by atoms with Crippen LogP contribution in [0, 0.1) is 5.82 Å². The number of hydrogen-bond donors (Lipinski definition) is 2. The van der Waals surface area contributed by atoms with Crippen molar-refractivity contribution in [3.8, 4) is 0 Å². The topological polar surface area (TPSA) is 101 Å². The van der Waals surface area contributed by atoms with Gasteiger partial charge >= 0.3 is 0 Å². The van der Waals surface area contributed by atoms with E-state index in [0.29, 0.717) is 11.4 Å². The van der Waals surface area contributed by atoms with Crippen molar-refractivity contribution in [1.29, 1.82) is 0 Å². The van der Waals surface area contributed by atoms with E-state index in [4.69, 9.17) is 4.74 Å². The van der Waals surface area contributed by atoms with E-state index in [1.807, 2.05) is 13.8 Å². The molecule has 0 bridgehead atoms. The molecule has 3 amide bonds. The number of hydrogen-bond acceptors (Lipinski definition) is 5. The van der Waals surface area contributed by atoms with Gasteiger partial charge in [0.2, 0.25) is 17.7 Å². The molecule has 0 aliphatic carbocycles. The lowest BCUT2D eigenvalue weighted by Crippen LogP contribution is -2.46. The molecule has 1 aromatic heterocycles. The summed E-state index contributed by atoms with van der Waals surface area (Å²) >= 11 is 0. The van der Waals surface area contributed by atoms with Gasteiger partial charge in [0, 0.05) is 38.7 Å². The zero-order valence-electron chi connectivity index (χ0n) is 18.5. The maximum Gasteiger partial charge on any atom is 0.247 e. The molecule has 1 aromatic carbocycles. The molecule has 32 heavy (non-hydrogen) atoms. The quantitative estimate of drug-likeness (QED) is 0.555. The first-order valence-corrected chi connectivity index (χ1v) is 10.4. The van der Waals surface area contributed by atoms with Gasteiger partial charge in [-0.15, -0.1) is 0 Å². The Hall–Kier alpha value is -3.33. The van der Waals surface area contributed by atoms with Gasteiger partial charge in [0.05, 0.1) is 6.61 Å². The maximum atomic E-state index is 13.5. The third kappa shape index (κ3) is 7.73. The van der Waals surface area contributed by atoms with Crippen LogP contribution in [0.4, 0.5) is 10.2 Å². The molecular formula is C23H29FN4O4. The average Bonchev–Trinajstić information content (AvgIpc) is 2.76. The summed E-state index contributed by atoms with van der Waals surface area (Å²) < 4.78 is 18.6. The summed E-state index contributed by atoms with van der Waals surface area (Å²) in [5, 5.41) is 5.44. The SMILES string of the molecule is COCCN(C(=O)CCC(=O)Nc1ccccn1)[C@H](C(=O)NC(C)C)c1ccc(F)cc1. The summed E-state index contributed by atoms with van der Waals surface area (Å²) in [6.45, 7) is 3.94. The zero-order valence-corrected chi connectivity index (χ0v) is 18.5. The number of methoxy groups -OCH3 is 1. The third-order valence-corrected chi connectivity index (χ3v) is 4.53. The van der Waals surface area contributed by atoms with E-state index in [-0.39, 0.29) is 37.9 Å². The molecule has 0 fully saturated rings. The normalized spacial score (nSPS) is 11.7. The zero-order chi connectivity index (χ0) is 23.5. The van der Waals surface area contributed by atoms with Crippen molar-refractivity contribution in [3.63, 3.8) is 0 Å². The van der Waals surface area contributed by atoms with Gasteiger partial charge in [0.15, 0.2) is 0 Å². The Morgan fingerprint density at radius 1 is 1.09 bits per heavy atom. The molecule has 9 heteroatoms. The number of anilines is 1. The predicted molar refractivity (Wildman–Crippen MR) is 118 cm³/mol. The second-order valence-electron chi connectivity index (χ2n) is 7.46. The molecule has 172 valence electrons. The van der Waals surface area contributed by atoms with Crippen LogP contribution in [-0.2, 0) is 19.1 Å². The molecule has 0 unspecified atom stereocenters. The minimum Gasteiger partial charge on any atom is -0.383 e. The molecule has 1 atom stereocenters. The Balaban J connectivity index is 2.19. The minimum absolute atomic E-state index is 0.0825. The van der Waals surface area contributed by atoms with Crippen LogP contribution in [-0.4, -0.2) is 53.9 Å². The Labute approximate surface area is 187 Å². The fraction of sp³-hybridized carbons (Fsp3) is 0.391.